The first-order valence-electron chi connectivity index (χ1n) is 2.96. The minimum absolute atomic E-state index is 0.255. The first-order chi connectivity index (χ1) is 4.22. The Hall–Kier alpha value is -0.140. The summed E-state index contributed by atoms with van der Waals surface area (Å²) in [6.45, 7) is 0.891. The van der Waals surface area contributed by atoms with Gasteiger partial charge in [0.2, 0.25) is 0 Å². The van der Waals surface area contributed by atoms with E-state index in [1.807, 2.05) is 0 Å². The number of hydrogen-bond donors (Lipinski definition) is 1. The number of carbonyl (C=O) groups is 1. The highest BCUT2D eigenvalue weighted by atomic mass is 31.0. The molecule has 1 aliphatic heterocycles. The van der Waals surface area contributed by atoms with Gasteiger partial charge in [0.1, 0.15) is 6.04 Å². The molecule has 0 aliphatic carbocycles. The van der Waals surface area contributed by atoms with E-state index in [0.29, 0.717) is 0 Å². The molecule has 1 N–H and O–H groups in total. The summed E-state index contributed by atoms with van der Waals surface area (Å²) >= 11 is 0. The summed E-state index contributed by atoms with van der Waals surface area (Å²) in [6, 6.07) is -0.255. The van der Waals surface area contributed by atoms with Crippen LogP contribution in [0.4, 0.5) is 0 Å². The Morgan fingerprint density at radius 3 is 2.67 bits per heavy atom. The van der Waals surface area contributed by atoms with Gasteiger partial charge >= 0.3 is 5.97 Å². The third-order valence-electron chi connectivity index (χ3n) is 1.58. The van der Waals surface area contributed by atoms with Crippen LogP contribution in [0.2, 0.25) is 0 Å². The zero-order valence-electron chi connectivity index (χ0n) is 5.08. The molecule has 1 heterocycles. The highest BCUT2D eigenvalue weighted by Gasteiger charge is 2.26. The maximum absolute atomic E-state index is 10.4. The molecule has 1 unspecified atom stereocenters. The number of aliphatic carboxylic acids is 1. The lowest BCUT2D eigenvalue weighted by Crippen LogP contribution is -2.28. The van der Waals surface area contributed by atoms with Gasteiger partial charge in [-0.1, -0.05) is 9.39 Å². The quantitative estimate of drug-likeness (QED) is 0.543. The molecule has 4 heteroatoms. The van der Waals surface area contributed by atoms with Crippen LogP contribution < -0.4 is 0 Å². The van der Waals surface area contributed by atoms with E-state index < -0.39 is 5.97 Å². The van der Waals surface area contributed by atoms with E-state index in [9.17, 15) is 4.79 Å². The topological polar surface area (TPSA) is 40.5 Å². The second-order valence-corrected chi connectivity index (χ2v) is 2.90. The van der Waals surface area contributed by atoms with Crippen LogP contribution in [0.1, 0.15) is 12.8 Å². The van der Waals surface area contributed by atoms with Crippen LogP contribution in [-0.2, 0) is 4.79 Å². The van der Waals surface area contributed by atoms with Gasteiger partial charge < -0.3 is 5.11 Å². The zero-order valence-corrected chi connectivity index (χ0v) is 6.23. The van der Waals surface area contributed by atoms with Crippen LogP contribution in [0, 0.1) is 0 Å². The van der Waals surface area contributed by atoms with Crippen LogP contribution in [-0.4, -0.2) is 28.3 Å². The highest BCUT2D eigenvalue weighted by molar-refractivity contribution is 7.13. The number of rotatable bonds is 1. The molecule has 1 fully saturated rings. The molecule has 1 saturated heterocycles. The molecular formula is C5H10NO2P. The summed E-state index contributed by atoms with van der Waals surface area (Å²) in [7, 11) is 2.43. The minimum Gasteiger partial charge on any atom is -0.480 e. The van der Waals surface area contributed by atoms with Crippen LogP contribution in [0.15, 0.2) is 0 Å². The molecule has 3 nitrogen and oxygen atoms in total. The van der Waals surface area contributed by atoms with E-state index in [4.69, 9.17) is 5.11 Å². The van der Waals surface area contributed by atoms with Crippen molar-refractivity contribution in [2.24, 2.45) is 0 Å². The van der Waals surface area contributed by atoms with Gasteiger partial charge in [-0.3, -0.25) is 9.46 Å². The van der Waals surface area contributed by atoms with Crippen molar-refractivity contribution >= 4 is 15.4 Å². The summed E-state index contributed by atoms with van der Waals surface area (Å²) in [5, 5.41) is 8.53. The monoisotopic (exact) mass is 147 g/mol. The van der Waals surface area contributed by atoms with E-state index in [1.165, 1.54) is 0 Å². The lowest BCUT2D eigenvalue weighted by atomic mass is 10.2. The Morgan fingerprint density at radius 1 is 1.78 bits per heavy atom. The van der Waals surface area contributed by atoms with Crippen molar-refractivity contribution in [3.8, 4) is 0 Å². The van der Waals surface area contributed by atoms with Gasteiger partial charge in [0.05, 0.1) is 0 Å². The molecule has 2 atom stereocenters. The van der Waals surface area contributed by atoms with Crippen molar-refractivity contribution in [1.29, 1.82) is 0 Å². The second kappa shape index (κ2) is 2.63. The van der Waals surface area contributed by atoms with E-state index in [0.717, 1.165) is 19.4 Å². The van der Waals surface area contributed by atoms with Crippen LogP contribution in [0.5, 0.6) is 0 Å². The van der Waals surface area contributed by atoms with E-state index >= 15 is 0 Å². The van der Waals surface area contributed by atoms with Gasteiger partial charge in [-0.05, 0) is 12.8 Å². The van der Waals surface area contributed by atoms with E-state index in [-0.39, 0.29) is 6.04 Å². The fraction of sp³-hybridized carbons (Fsp3) is 0.800. The predicted molar refractivity (Wildman–Crippen MR) is 37.1 cm³/mol. The normalized spacial score (nSPS) is 28.8. The fourth-order valence-electron chi connectivity index (χ4n) is 1.05. The number of carboxylic acids is 1. The fourth-order valence-corrected chi connectivity index (χ4v) is 1.51. The molecule has 0 aromatic rings. The molecule has 9 heavy (non-hydrogen) atoms. The molecular weight excluding hydrogens is 137 g/mol. The molecule has 0 aromatic heterocycles. The van der Waals surface area contributed by atoms with Crippen molar-refractivity contribution in [2.75, 3.05) is 6.54 Å². The van der Waals surface area contributed by atoms with Crippen molar-refractivity contribution in [3.63, 3.8) is 0 Å². The molecule has 0 radical (unpaired) electrons. The van der Waals surface area contributed by atoms with E-state index in [1.54, 1.807) is 4.67 Å². The Morgan fingerprint density at radius 2 is 2.44 bits per heavy atom. The van der Waals surface area contributed by atoms with Gasteiger partial charge in [0.25, 0.3) is 0 Å². The summed E-state index contributed by atoms with van der Waals surface area (Å²) < 4.78 is 1.79. The Kier molecular flexibility index (Phi) is 2.04. The number of carboxylic acid groups (broad SMARTS) is 1. The summed E-state index contributed by atoms with van der Waals surface area (Å²) in [5.41, 5.74) is 0. The number of nitrogens with zero attached hydrogens (tertiary/aromatic N) is 1. The Bertz CT molecular complexity index is 128. The molecule has 0 bridgehead atoms. The molecule has 1 rings (SSSR count). The second-order valence-electron chi connectivity index (χ2n) is 2.23. The van der Waals surface area contributed by atoms with Gasteiger partial charge in [-0.25, -0.2) is 0 Å². The summed E-state index contributed by atoms with van der Waals surface area (Å²) in [4.78, 5) is 10.4. The van der Waals surface area contributed by atoms with Crippen LogP contribution >= 0.6 is 9.39 Å². The average molecular weight is 147 g/mol. The lowest BCUT2D eigenvalue weighted by molar-refractivity contribution is -0.140. The van der Waals surface area contributed by atoms with Crippen LogP contribution in [0.3, 0.4) is 0 Å². The van der Waals surface area contributed by atoms with Crippen molar-refractivity contribution in [3.05, 3.63) is 0 Å². The zero-order chi connectivity index (χ0) is 6.85. The summed E-state index contributed by atoms with van der Waals surface area (Å²) in [5.74, 6) is -0.706. The van der Waals surface area contributed by atoms with Crippen LogP contribution in [0.25, 0.3) is 0 Å². The van der Waals surface area contributed by atoms with Crippen molar-refractivity contribution in [1.82, 2.24) is 4.67 Å². The minimum atomic E-state index is -0.706. The average Bonchev–Trinajstić information content (AvgIpc) is 2.13. The highest BCUT2D eigenvalue weighted by Crippen LogP contribution is 2.20. The Labute approximate surface area is 56.3 Å². The van der Waals surface area contributed by atoms with Gasteiger partial charge in [0.15, 0.2) is 0 Å². The first kappa shape index (κ1) is 6.97. The molecule has 0 aromatic carbocycles. The van der Waals surface area contributed by atoms with Gasteiger partial charge in [-0.15, -0.1) is 0 Å². The maximum Gasteiger partial charge on any atom is 0.321 e. The summed E-state index contributed by atoms with van der Waals surface area (Å²) in [6.07, 6.45) is 1.79. The molecule has 52 valence electrons. The maximum atomic E-state index is 10.4. The molecule has 1 aliphatic rings. The SMILES string of the molecule is O=C(O)[C@H]1CCCN1P. The van der Waals surface area contributed by atoms with Crippen molar-refractivity contribution in [2.45, 2.75) is 18.9 Å². The van der Waals surface area contributed by atoms with Crippen molar-refractivity contribution < 1.29 is 9.90 Å². The van der Waals surface area contributed by atoms with E-state index in [2.05, 4.69) is 9.39 Å². The largest absolute Gasteiger partial charge is 0.480 e. The standard InChI is InChI=1S/C5H10NO2P/c7-5(8)4-2-1-3-6(4)9/h4H,1-3,9H2,(H,7,8)/t4-/m1/s1. The smallest absolute Gasteiger partial charge is 0.321 e. The predicted octanol–water partition coefficient (Wildman–Crippen LogP) is 0.325. The lowest BCUT2D eigenvalue weighted by Gasteiger charge is -2.12. The first-order valence-corrected chi connectivity index (χ1v) is 3.47. The molecule has 0 spiro atoms. The van der Waals surface area contributed by atoms with Gasteiger partial charge in [-0.2, -0.15) is 0 Å². The van der Waals surface area contributed by atoms with Gasteiger partial charge in [0, 0.05) is 6.54 Å². The third-order valence-corrected chi connectivity index (χ3v) is 2.20. The Balaban J connectivity index is 2.49. The molecule has 0 saturated carbocycles. The molecule has 0 amide bonds. The number of hydrogen-bond acceptors (Lipinski definition) is 2. The third kappa shape index (κ3) is 1.41.